The molecule has 2 aromatic heterocycles. The fraction of sp³-hybridized carbons (Fsp3) is 0.516. The molecule has 1 spiro atoms. The molecule has 4 fully saturated rings. The monoisotopic (exact) mass is 583 g/mol. The number of anilines is 1. The van der Waals surface area contributed by atoms with Crippen LogP contribution in [0.5, 0.6) is 5.75 Å². The number of benzene rings is 1. The second kappa shape index (κ2) is 9.72. The lowest BCUT2D eigenvalue weighted by atomic mass is 9.58. The number of rotatable bonds is 8. The minimum absolute atomic E-state index is 0.0352. The van der Waals surface area contributed by atoms with Crippen molar-refractivity contribution >= 4 is 11.8 Å². The Balaban J connectivity index is 1.12. The standard InChI is InChI=1S/C31H32F3N3O5/c1-16-10-19(29(38)39-3)14-35-28(16)37-25-12-20(11-23-17(2)13-30(23,25)37)40-15-22-26(36-42-27(22)18-8-9-18)21-6-4-5-7-24(21)41-31(32,33)34/h4-7,10,14,17-18,20,23,25H,8-9,11-13,15H2,1-3H3/t17-,20?,23?,25?,30?,37?/m1/s1. The lowest BCUT2D eigenvalue weighted by Crippen LogP contribution is -2.51. The Morgan fingerprint density at radius 3 is 2.69 bits per heavy atom. The SMILES string of the molecule is COC(=O)c1cnc(N2C3CC(OCc4c(-c5ccccc5OC(F)(F)F)noc4C4CC4)CC4[C@H](C)CC432)c(C)c1. The number of carbonyl (C=O) groups excluding carboxylic acids is 1. The van der Waals surface area contributed by atoms with Gasteiger partial charge in [0.2, 0.25) is 0 Å². The molecule has 3 aliphatic carbocycles. The van der Waals surface area contributed by atoms with E-state index in [-0.39, 0.29) is 41.5 Å². The Hall–Kier alpha value is -3.60. The van der Waals surface area contributed by atoms with Crippen molar-refractivity contribution in [2.24, 2.45) is 11.8 Å². The molecule has 0 amide bonds. The molecule has 5 atom stereocenters. The van der Waals surface area contributed by atoms with Gasteiger partial charge in [0.1, 0.15) is 23.0 Å². The van der Waals surface area contributed by atoms with Crippen molar-refractivity contribution in [2.45, 2.75) is 82.5 Å². The van der Waals surface area contributed by atoms with Gasteiger partial charge in [-0.3, -0.25) is 0 Å². The molecule has 3 saturated carbocycles. The second-order valence-corrected chi connectivity index (χ2v) is 12.1. The van der Waals surface area contributed by atoms with Crippen LogP contribution in [0.1, 0.15) is 72.2 Å². The van der Waals surface area contributed by atoms with Gasteiger partial charge < -0.3 is 23.6 Å². The third kappa shape index (κ3) is 4.44. The summed E-state index contributed by atoms with van der Waals surface area (Å²) in [5.74, 6) is 2.03. The highest BCUT2D eigenvalue weighted by Crippen LogP contribution is 2.68. The van der Waals surface area contributed by atoms with Crippen LogP contribution in [0.3, 0.4) is 0 Å². The number of aromatic nitrogens is 2. The van der Waals surface area contributed by atoms with Crippen molar-refractivity contribution in [1.29, 1.82) is 0 Å². The molecule has 4 unspecified atom stereocenters. The molecular weight excluding hydrogens is 551 g/mol. The Morgan fingerprint density at radius 2 is 2.00 bits per heavy atom. The van der Waals surface area contributed by atoms with Gasteiger partial charge >= 0.3 is 12.3 Å². The number of ether oxygens (including phenoxy) is 3. The molecule has 4 aliphatic rings. The first-order valence-corrected chi connectivity index (χ1v) is 14.4. The van der Waals surface area contributed by atoms with Gasteiger partial charge in [0.25, 0.3) is 0 Å². The lowest BCUT2D eigenvalue weighted by molar-refractivity contribution is -0.274. The lowest BCUT2D eigenvalue weighted by Gasteiger charge is -2.48. The highest BCUT2D eigenvalue weighted by Gasteiger charge is 2.75. The van der Waals surface area contributed by atoms with Crippen LogP contribution >= 0.6 is 0 Å². The van der Waals surface area contributed by atoms with Crippen molar-refractivity contribution in [3.63, 3.8) is 0 Å². The second-order valence-electron chi connectivity index (χ2n) is 12.1. The summed E-state index contributed by atoms with van der Waals surface area (Å²) in [5, 5.41) is 4.21. The predicted molar refractivity (Wildman–Crippen MR) is 145 cm³/mol. The molecule has 1 aliphatic heterocycles. The molecule has 0 bridgehead atoms. The maximum atomic E-state index is 13.1. The predicted octanol–water partition coefficient (Wildman–Crippen LogP) is 6.57. The summed E-state index contributed by atoms with van der Waals surface area (Å²) in [5.41, 5.74) is 2.68. The van der Waals surface area contributed by atoms with Crippen molar-refractivity contribution in [3.8, 4) is 17.0 Å². The molecule has 1 saturated heterocycles. The van der Waals surface area contributed by atoms with E-state index in [1.807, 2.05) is 13.0 Å². The minimum atomic E-state index is -4.83. The Labute approximate surface area is 241 Å². The quantitative estimate of drug-likeness (QED) is 0.217. The van der Waals surface area contributed by atoms with Crippen LogP contribution in [0, 0.1) is 18.8 Å². The molecule has 0 radical (unpaired) electrons. The maximum absolute atomic E-state index is 13.1. The third-order valence-corrected chi connectivity index (χ3v) is 9.55. The van der Waals surface area contributed by atoms with Crippen LogP contribution in [0.2, 0.25) is 0 Å². The first-order chi connectivity index (χ1) is 20.1. The summed E-state index contributed by atoms with van der Waals surface area (Å²) < 4.78 is 60.9. The number of pyridine rings is 1. The molecule has 7 rings (SSSR count). The van der Waals surface area contributed by atoms with Crippen molar-refractivity contribution in [2.75, 3.05) is 12.0 Å². The molecule has 8 nitrogen and oxygen atoms in total. The van der Waals surface area contributed by atoms with E-state index in [0.717, 1.165) is 43.5 Å². The van der Waals surface area contributed by atoms with Crippen molar-refractivity contribution in [3.05, 3.63) is 59.0 Å². The molecule has 0 N–H and O–H groups in total. The van der Waals surface area contributed by atoms with Gasteiger partial charge in [-0.05, 0) is 74.6 Å². The van der Waals surface area contributed by atoms with E-state index in [1.54, 1.807) is 18.3 Å². The van der Waals surface area contributed by atoms with E-state index in [1.165, 1.54) is 19.2 Å². The average molecular weight is 584 g/mol. The molecule has 3 heterocycles. The molecule has 222 valence electrons. The Kier molecular flexibility index (Phi) is 6.31. The first-order valence-electron chi connectivity index (χ1n) is 14.4. The van der Waals surface area contributed by atoms with E-state index in [4.69, 9.17) is 14.0 Å². The summed E-state index contributed by atoms with van der Waals surface area (Å²) in [6, 6.07) is 8.10. The van der Waals surface area contributed by atoms with E-state index >= 15 is 0 Å². The normalized spacial score (nSPS) is 28.0. The molecular formula is C31H32F3N3O5. The summed E-state index contributed by atoms with van der Waals surface area (Å²) in [4.78, 5) is 19.1. The highest BCUT2D eigenvalue weighted by atomic mass is 19.4. The van der Waals surface area contributed by atoms with Gasteiger partial charge in [0.15, 0.2) is 0 Å². The molecule has 11 heteroatoms. The number of aryl methyl sites for hydroxylation is 1. The number of methoxy groups -OCH3 is 1. The van der Waals surface area contributed by atoms with Gasteiger partial charge in [-0.2, -0.15) is 0 Å². The van der Waals surface area contributed by atoms with Crippen LogP contribution in [0.15, 0.2) is 41.1 Å². The molecule has 42 heavy (non-hydrogen) atoms. The van der Waals surface area contributed by atoms with Gasteiger partial charge in [-0.15, -0.1) is 13.2 Å². The minimum Gasteiger partial charge on any atom is -0.465 e. The number of carbonyl (C=O) groups is 1. The van der Waals surface area contributed by atoms with Gasteiger partial charge in [0.05, 0.1) is 37.0 Å². The molecule has 1 aromatic carbocycles. The number of nitrogens with zero attached hydrogens (tertiary/aromatic N) is 3. The zero-order valence-corrected chi connectivity index (χ0v) is 23.6. The number of halogens is 3. The van der Waals surface area contributed by atoms with Gasteiger partial charge in [0, 0.05) is 23.2 Å². The summed E-state index contributed by atoms with van der Waals surface area (Å²) in [6.07, 6.45) is 1.41. The van der Waals surface area contributed by atoms with Gasteiger partial charge in [-0.1, -0.05) is 24.2 Å². The topological polar surface area (TPSA) is 86.7 Å². The number of alkyl halides is 3. The van der Waals surface area contributed by atoms with E-state index in [2.05, 4.69) is 26.7 Å². The van der Waals surface area contributed by atoms with Crippen molar-refractivity contribution < 1.29 is 36.7 Å². The van der Waals surface area contributed by atoms with E-state index < -0.39 is 12.3 Å². The van der Waals surface area contributed by atoms with Crippen LogP contribution in [0.25, 0.3) is 11.3 Å². The summed E-state index contributed by atoms with van der Waals surface area (Å²) >= 11 is 0. The Morgan fingerprint density at radius 1 is 1.21 bits per heavy atom. The highest BCUT2D eigenvalue weighted by molar-refractivity contribution is 5.89. The zero-order valence-electron chi connectivity index (χ0n) is 23.6. The fourth-order valence-electron chi connectivity index (χ4n) is 7.53. The van der Waals surface area contributed by atoms with Crippen LogP contribution in [-0.2, 0) is 16.1 Å². The summed E-state index contributed by atoms with van der Waals surface area (Å²) in [6.45, 7) is 4.43. The van der Waals surface area contributed by atoms with Crippen LogP contribution < -0.4 is 9.64 Å². The van der Waals surface area contributed by atoms with E-state index in [9.17, 15) is 18.0 Å². The largest absolute Gasteiger partial charge is 0.573 e. The maximum Gasteiger partial charge on any atom is 0.573 e. The number of hydrogen-bond donors (Lipinski definition) is 0. The average Bonchev–Trinajstić information content (AvgIpc) is 3.86. The zero-order chi connectivity index (χ0) is 29.4. The smallest absolute Gasteiger partial charge is 0.465 e. The van der Waals surface area contributed by atoms with Crippen LogP contribution in [-0.4, -0.2) is 47.3 Å². The number of esters is 1. The number of para-hydroxylation sites is 1. The fourth-order valence-corrected chi connectivity index (χ4v) is 7.53. The first kappa shape index (κ1) is 27.2. The third-order valence-electron chi connectivity index (χ3n) is 9.55. The van der Waals surface area contributed by atoms with Crippen LogP contribution in [0.4, 0.5) is 19.0 Å². The van der Waals surface area contributed by atoms with Gasteiger partial charge in [-0.25, -0.2) is 9.78 Å². The molecule has 3 aromatic rings. The van der Waals surface area contributed by atoms with E-state index in [0.29, 0.717) is 34.4 Å². The number of hydrogen-bond acceptors (Lipinski definition) is 8. The van der Waals surface area contributed by atoms with Crippen molar-refractivity contribution in [1.82, 2.24) is 10.1 Å². The Bertz CT molecular complexity index is 1540. The summed E-state index contributed by atoms with van der Waals surface area (Å²) in [7, 11) is 1.36.